The number of hydrogen-bond donors (Lipinski definition) is 1. The van der Waals surface area contributed by atoms with Crippen molar-refractivity contribution in [2.75, 3.05) is 11.5 Å². The Kier molecular flexibility index (Phi) is 4.37. The van der Waals surface area contributed by atoms with Crippen molar-refractivity contribution in [3.05, 3.63) is 28.8 Å². The van der Waals surface area contributed by atoms with E-state index in [0.29, 0.717) is 5.56 Å². The highest BCUT2D eigenvalue weighted by molar-refractivity contribution is 7.92. The second-order valence-corrected chi connectivity index (χ2v) is 9.56. The molecule has 0 radical (unpaired) electrons. The van der Waals surface area contributed by atoms with Gasteiger partial charge in [-0.05, 0) is 24.6 Å². The van der Waals surface area contributed by atoms with Crippen LogP contribution in [-0.4, -0.2) is 39.8 Å². The van der Waals surface area contributed by atoms with Crippen LogP contribution in [-0.2, 0) is 19.9 Å². The van der Waals surface area contributed by atoms with E-state index in [1.807, 2.05) is 0 Å². The van der Waals surface area contributed by atoms with Gasteiger partial charge in [0.05, 0.1) is 27.8 Å². The van der Waals surface area contributed by atoms with Gasteiger partial charge in [0.1, 0.15) is 0 Å². The maximum Gasteiger partial charge on any atom is 0.241 e. The van der Waals surface area contributed by atoms with Gasteiger partial charge in [-0.1, -0.05) is 17.7 Å². The number of nitrogens with one attached hydrogen (secondary N) is 1. The molecule has 2 rings (SSSR count). The molecule has 1 heterocycles. The van der Waals surface area contributed by atoms with Crippen LogP contribution in [0.4, 0.5) is 0 Å². The van der Waals surface area contributed by atoms with E-state index in [2.05, 4.69) is 4.72 Å². The van der Waals surface area contributed by atoms with E-state index < -0.39 is 31.3 Å². The Morgan fingerprint density at radius 3 is 2.50 bits per heavy atom. The van der Waals surface area contributed by atoms with Crippen molar-refractivity contribution in [1.82, 2.24) is 4.72 Å². The Morgan fingerprint density at radius 2 is 1.95 bits per heavy atom. The highest BCUT2D eigenvalue weighted by Crippen LogP contribution is 2.23. The summed E-state index contributed by atoms with van der Waals surface area (Å²) in [6.45, 7) is 1.63. The molecular formula is C11H13Cl2NO4S2. The molecule has 1 aliphatic heterocycles. The molecule has 0 aromatic heterocycles. The molecule has 5 nitrogen and oxygen atoms in total. The Labute approximate surface area is 128 Å². The number of sulfone groups is 1. The predicted octanol–water partition coefficient (Wildman–Crippen LogP) is 1.33. The van der Waals surface area contributed by atoms with Crippen LogP contribution in [0, 0.1) is 6.92 Å². The fraction of sp³-hybridized carbons (Fsp3) is 0.455. The number of rotatable bonds is 3. The van der Waals surface area contributed by atoms with E-state index >= 15 is 0 Å². The molecule has 1 saturated heterocycles. The standard InChI is InChI=1S/C11H13Cl2NO4S2/c1-7-2-3-8(12)4-11(7)20(17,18)14-10-6-19(15,16)5-9(10)13/h2-4,9-10,14H,5-6H2,1H3/t9-,10+/m1/s1. The molecule has 1 aromatic carbocycles. The van der Waals surface area contributed by atoms with Crippen molar-refractivity contribution < 1.29 is 16.8 Å². The van der Waals surface area contributed by atoms with E-state index in [0.717, 1.165) is 0 Å². The first kappa shape index (κ1) is 16.0. The van der Waals surface area contributed by atoms with Crippen molar-refractivity contribution in [3.63, 3.8) is 0 Å². The summed E-state index contributed by atoms with van der Waals surface area (Å²) in [6, 6.07) is 3.66. The molecule has 1 N–H and O–H groups in total. The number of benzene rings is 1. The zero-order valence-corrected chi connectivity index (χ0v) is 13.7. The molecule has 1 fully saturated rings. The van der Waals surface area contributed by atoms with Crippen molar-refractivity contribution in [2.24, 2.45) is 0 Å². The Hall–Kier alpha value is -0.340. The molecule has 0 saturated carbocycles. The van der Waals surface area contributed by atoms with Crippen molar-refractivity contribution in [3.8, 4) is 0 Å². The average Bonchev–Trinajstić information content (AvgIpc) is 2.54. The van der Waals surface area contributed by atoms with Gasteiger partial charge in [-0.3, -0.25) is 0 Å². The maximum atomic E-state index is 12.3. The molecule has 1 aromatic rings. The topological polar surface area (TPSA) is 80.3 Å². The number of hydrogen-bond acceptors (Lipinski definition) is 4. The lowest BCUT2D eigenvalue weighted by Gasteiger charge is -2.16. The fourth-order valence-electron chi connectivity index (χ4n) is 2.04. The summed E-state index contributed by atoms with van der Waals surface area (Å²) >= 11 is 11.7. The van der Waals surface area contributed by atoms with Crippen LogP contribution in [0.25, 0.3) is 0 Å². The smallest absolute Gasteiger partial charge is 0.229 e. The first-order valence-electron chi connectivity index (χ1n) is 5.74. The zero-order chi connectivity index (χ0) is 15.1. The molecule has 2 atom stereocenters. The number of aryl methyl sites for hydroxylation is 1. The van der Waals surface area contributed by atoms with Crippen LogP contribution < -0.4 is 4.72 Å². The van der Waals surface area contributed by atoms with Crippen LogP contribution in [0.1, 0.15) is 5.56 Å². The van der Waals surface area contributed by atoms with Crippen molar-refractivity contribution in [2.45, 2.75) is 23.2 Å². The van der Waals surface area contributed by atoms with Gasteiger partial charge in [0.25, 0.3) is 0 Å². The minimum Gasteiger partial charge on any atom is -0.229 e. The molecule has 1 aliphatic rings. The summed E-state index contributed by atoms with van der Waals surface area (Å²) in [5.41, 5.74) is 0.522. The summed E-state index contributed by atoms with van der Waals surface area (Å²) in [6.07, 6.45) is 0. The minimum atomic E-state index is -3.86. The predicted molar refractivity (Wildman–Crippen MR) is 78.6 cm³/mol. The zero-order valence-electron chi connectivity index (χ0n) is 10.5. The quantitative estimate of drug-likeness (QED) is 0.827. The Morgan fingerprint density at radius 1 is 1.30 bits per heavy atom. The third-order valence-corrected chi connectivity index (χ3v) is 7.27. The monoisotopic (exact) mass is 357 g/mol. The minimum absolute atomic E-state index is 0.0261. The molecule has 9 heteroatoms. The third-order valence-electron chi connectivity index (χ3n) is 3.03. The molecule has 112 valence electrons. The van der Waals surface area contributed by atoms with Crippen molar-refractivity contribution in [1.29, 1.82) is 0 Å². The second kappa shape index (κ2) is 5.46. The van der Waals surface area contributed by atoms with E-state index in [1.54, 1.807) is 19.1 Å². The molecule has 0 amide bonds. The van der Waals surface area contributed by atoms with Crippen LogP contribution in [0.15, 0.2) is 23.1 Å². The highest BCUT2D eigenvalue weighted by Gasteiger charge is 2.39. The van der Waals surface area contributed by atoms with Crippen LogP contribution in [0.2, 0.25) is 5.02 Å². The SMILES string of the molecule is Cc1ccc(Cl)cc1S(=O)(=O)N[C@H]1CS(=O)(=O)C[C@H]1Cl. The van der Waals surface area contributed by atoms with Gasteiger partial charge < -0.3 is 0 Å². The number of alkyl halides is 1. The van der Waals surface area contributed by atoms with E-state index in [-0.39, 0.29) is 21.4 Å². The fourth-order valence-corrected chi connectivity index (χ4v) is 6.55. The molecule has 0 unspecified atom stereocenters. The van der Waals surface area contributed by atoms with Gasteiger partial charge in [-0.15, -0.1) is 11.6 Å². The van der Waals surface area contributed by atoms with Gasteiger partial charge in [0.2, 0.25) is 10.0 Å². The van der Waals surface area contributed by atoms with Gasteiger partial charge in [0, 0.05) is 5.02 Å². The molecule has 0 aliphatic carbocycles. The van der Waals surface area contributed by atoms with Crippen LogP contribution in [0.5, 0.6) is 0 Å². The Balaban J connectivity index is 2.31. The van der Waals surface area contributed by atoms with E-state index in [9.17, 15) is 16.8 Å². The maximum absolute atomic E-state index is 12.3. The number of sulfonamides is 1. The summed E-state index contributed by atoms with van der Waals surface area (Å²) < 4.78 is 49.8. The molecular weight excluding hydrogens is 345 g/mol. The van der Waals surface area contributed by atoms with Gasteiger partial charge >= 0.3 is 0 Å². The average molecular weight is 358 g/mol. The van der Waals surface area contributed by atoms with Gasteiger partial charge in [-0.2, -0.15) is 0 Å². The lowest BCUT2D eigenvalue weighted by molar-refractivity contribution is 0.563. The van der Waals surface area contributed by atoms with Gasteiger partial charge in [-0.25, -0.2) is 21.6 Å². The first-order valence-corrected chi connectivity index (χ1v) is 9.85. The third kappa shape index (κ3) is 3.46. The lowest BCUT2D eigenvalue weighted by Crippen LogP contribution is -2.40. The van der Waals surface area contributed by atoms with E-state index in [1.165, 1.54) is 6.07 Å². The second-order valence-electron chi connectivity index (χ2n) is 4.73. The normalized spacial score (nSPS) is 25.8. The van der Waals surface area contributed by atoms with Crippen LogP contribution >= 0.6 is 23.2 Å². The molecule has 20 heavy (non-hydrogen) atoms. The largest absolute Gasteiger partial charge is 0.241 e. The number of halogens is 2. The highest BCUT2D eigenvalue weighted by atomic mass is 35.5. The summed E-state index contributed by atoms with van der Waals surface area (Å²) in [5, 5.41) is -0.480. The molecule has 0 spiro atoms. The Bertz CT molecular complexity index is 731. The molecule has 0 bridgehead atoms. The summed E-state index contributed by atoms with van der Waals surface area (Å²) in [7, 11) is -7.17. The first-order chi connectivity index (χ1) is 9.11. The summed E-state index contributed by atoms with van der Waals surface area (Å²) in [5.74, 6) is -0.518. The van der Waals surface area contributed by atoms with E-state index in [4.69, 9.17) is 23.2 Å². The lowest BCUT2D eigenvalue weighted by atomic mass is 10.2. The summed E-state index contributed by atoms with van der Waals surface area (Å²) in [4.78, 5) is 0.0261. The van der Waals surface area contributed by atoms with Gasteiger partial charge in [0.15, 0.2) is 9.84 Å². The van der Waals surface area contributed by atoms with Crippen LogP contribution in [0.3, 0.4) is 0 Å². The van der Waals surface area contributed by atoms with Crippen molar-refractivity contribution >= 4 is 43.1 Å².